The molecule has 1 saturated heterocycles. The van der Waals surface area contributed by atoms with Gasteiger partial charge in [-0.25, -0.2) is 0 Å². The van der Waals surface area contributed by atoms with Crippen LogP contribution in [0.1, 0.15) is 22.7 Å². The molecule has 1 aliphatic rings. The van der Waals surface area contributed by atoms with E-state index in [0.29, 0.717) is 10.6 Å². The number of alkyl halides is 3. The molecule has 4 rings (SSSR count). The lowest BCUT2D eigenvalue weighted by Gasteiger charge is -2.26. The summed E-state index contributed by atoms with van der Waals surface area (Å²) in [5.74, 6) is -2.49. The number of nitrogens with zero attached hydrogens (tertiary/aromatic N) is 1. The number of aliphatic hydroxyl groups is 1. The fourth-order valence-corrected chi connectivity index (χ4v) is 4.04. The molecule has 33 heavy (non-hydrogen) atoms. The molecule has 3 aromatic rings. The van der Waals surface area contributed by atoms with Gasteiger partial charge >= 0.3 is 6.18 Å². The van der Waals surface area contributed by atoms with Crippen LogP contribution in [0.15, 0.2) is 82.8 Å². The van der Waals surface area contributed by atoms with E-state index in [1.807, 2.05) is 0 Å². The molecule has 0 aliphatic carbocycles. The molecule has 0 bridgehead atoms. The summed E-state index contributed by atoms with van der Waals surface area (Å²) in [5, 5.41) is 11.4. The first-order valence-electron chi connectivity index (χ1n) is 9.57. The van der Waals surface area contributed by atoms with E-state index in [2.05, 4.69) is 15.9 Å². The van der Waals surface area contributed by atoms with Gasteiger partial charge in [0, 0.05) is 20.7 Å². The van der Waals surface area contributed by atoms with E-state index in [1.54, 1.807) is 36.4 Å². The Bertz CT molecular complexity index is 1270. The highest BCUT2D eigenvalue weighted by Gasteiger charge is 2.47. The molecule has 1 atom stereocenters. The van der Waals surface area contributed by atoms with Gasteiger partial charge in [-0.15, -0.1) is 0 Å². The lowest BCUT2D eigenvalue weighted by atomic mass is 9.95. The molecule has 0 spiro atoms. The maximum Gasteiger partial charge on any atom is 0.416 e. The highest BCUT2D eigenvalue weighted by atomic mass is 79.9. The van der Waals surface area contributed by atoms with Gasteiger partial charge < -0.3 is 5.11 Å². The van der Waals surface area contributed by atoms with Crippen molar-refractivity contribution in [2.45, 2.75) is 12.2 Å². The number of hydrogen-bond acceptors (Lipinski definition) is 3. The largest absolute Gasteiger partial charge is 0.507 e. The van der Waals surface area contributed by atoms with Crippen LogP contribution in [0.3, 0.4) is 0 Å². The van der Waals surface area contributed by atoms with Crippen LogP contribution in [-0.4, -0.2) is 16.8 Å². The molecule has 1 aliphatic heterocycles. The Kier molecular flexibility index (Phi) is 6.07. The SMILES string of the molecule is O=C1C(=O)N(c2cccc(C(F)(F)F)c2)[C@@H](c2ccc(Cl)cc2)C1=C(O)c1ccc(Br)cc1. The summed E-state index contributed by atoms with van der Waals surface area (Å²) in [5.41, 5.74) is -0.651. The fraction of sp³-hybridized carbons (Fsp3) is 0.0833. The van der Waals surface area contributed by atoms with Crippen LogP contribution in [0.4, 0.5) is 18.9 Å². The first kappa shape index (κ1) is 23.1. The van der Waals surface area contributed by atoms with Crippen molar-refractivity contribution in [1.29, 1.82) is 0 Å². The lowest BCUT2D eigenvalue weighted by molar-refractivity contribution is -0.137. The average Bonchev–Trinajstić information content (AvgIpc) is 3.04. The van der Waals surface area contributed by atoms with E-state index >= 15 is 0 Å². The molecule has 168 valence electrons. The summed E-state index contributed by atoms with van der Waals surface area (Å²) in [7, 11) is 0. The van der Waals surface area contributed by atoms with Gasteiger partial charge in [-0.1, -0.05) is 57.9 Å². The minimum absolute atomic E-state index is 0.123. The third-order valence-corrected chi connectivity index (χ3v) is 5.98. The average molecular weight is 537 g/mol. The van der Waals surface area contributed by atoms with E-state index in [-0.39, 0.29) is 16.8 Å². The Hall–Kier alpha value is -3.10. The second kappa shape index (κ2) is 8.68. The zero-order valence-corrected chi connectivity index (χ0v) is 18.9. The predicted molar refractivity (Wildman–Crippen MR) is 122 cm³/mol. The van der Waals surface area contributed by atoms with Gasteiger partial charge in [0.05, 0.1) is 17.2 Å². The minimum atomic E-state index is -4.64. The number of anilines is 1. The van der Waals surface area contributed by atoms with E-state index in [4.69, 9.17) is 11.6 Å². The molecule has 1 fully saturated rings. The number of aliphatic hydroxyl groups excluding tert-OH is 1. The molecule has 1 amide bonds. The van der Waals surface area contributed by atoms with Crippen molar-refractivity contribution in [2.24, 2.45) is 0 Å². The van der Waals surface area contributed by atoms with Crippen LogP contribution in [0, 0.1) is 0 Å². The molecule has 4 nitrogen and oxygen atoms in total. The second-order valence-electron chi connectivity index (χ2n) is 7.28. The summed E-state index contributed by atoms with van der Waals surface area (Å²) in [4.78, 5) is 27.0. The topological polar surface area (TPSA) is 57.6 Å². The molecule has 0 saturated carbocycles. The number of ketones is 1. The van der Waals surface area contributed by atoms with Gasteiger partial charge in [0.25, 0.3) is 11.7 Å². The van der Waals surface area contributed by atoms with Crippen LogP contribution >= 0.6 is 27.5 Å². The second-order valence-corrected chi connectivity index (χ2v) is 8.63. The number of amides is 1. The minimum Gasteiger partial charge on any atom is -0.507 e. The van der Waals surface area contributed by atoms with E-state index in [1.165, 1.54) is 18.2 Å². The molecule has 1 N–H and O–H groups in total. The third-order valence-electron chi connectivity index (χ3n) is 5.20. The van der Waals surface area contributed by atoms with Crippen LogP contribution in [-0.2, 0) is 15.8 Å². The molecule has 9 heteroatoms. The number of Topliss-reactive ketones (excluding diaryl/α,β-unsaturated/α-hetero) is 1. The number of hydrogen-bond donors (Lipinski definition) is 1. The molecular formula is C24H14BrClF3NO3. The molecule has 0 aromatic heterocycles. The Labute approximate surface area is 200 Å². The highest BCUT2D eigenvalue weighted by Crippen LogP contribution is 2.43. The number of benzene rings is 3. The van der Waals surface area contributed by atoms with Gasteiger partial charge in [-0.05, 0) is 48.0 Å². The standard InChI is InChI=1S/C24H14BrClF3NO3/c25-16-8-4-14(5-9-16)21(31)19-20(13-6-10-17(26)11-7-13)30(23(33)22(19)32)18-3-1-2-15(12-18)24(27,28)29/h1-12,20,31H/t20-/m0/s1. The van der Waals surface area contributed by atoms with E-state index < -0.39 is 35.2 Å². The summed E-state index contributed by atoms with van der Waals surface area (Å²) < 4.78 is 40.7. The van der Waals surface area contributed by atoms with Gasteiger partial charge in [0.15, 0.2) is 0 Å². The maximum absolute atomic E-state index is 13.3. The quantitative estimate of drug-likeness (QED) is 0.229. The maximum atomic E-state index is 13.3. The van der Waals surface area contributed by atoms with Gasteiger partial charge in [-0.3, -0.25) is 14.5 Å². The van der Waals surface area contributed by atoms with Crippen molar-refractivity contribution >= 4 is 50.7 Å². The van der Waals surface area contributed by atoms with Gasteiger partial charge in [0.1, 0.15) is 5.76 Å². The first-order chi connectivity index (χ1) is 15.6. The van der Waals surface area contributed by atoms with E-state index in [0.717, 1.165) is 27.6 Å². The fourth-order valence-electron chi connectivity index (χ4n) is 3.65. The number of carbonyl (C=O) groups excluding carboxylic acids is 2. The van der Waals surface area contributed by atoms with Crippen LogP contribution in [0.2, 0.25) is 5.02 Å². The van der Waals surface area contributed by atoms with Gasteiger partial charge in [-0.2, -0.15) is 13.2 Å². The van der Waals surface area contributed by atoms with Gasteiger partial charge in [0.2, 0.25) is 0 Å². The summed E-state index contributed by atoms with van der Waals surface area (Å²) in [6.07, 6.45) is -4.64. The summed E-state index contributed by atoms with van der Waals surface area (Å²) >= 11 is 9.26. The normalized spacial score (nSPS) is 18.1. The van der Waals surface area contributed by atoms with Crippen molar-refractivity contribution in [3.8, 4) is 0 Å². The Morgan fingerprint density at radius 2 is 1.61 bits per heavy atom. The number of halogens is 5. The lowest BCUT2D eigenvalue weighted by Crippen LogP contribution is -2.29. The van der Waals surface area contributed by atoms with Crippen molar-refractivity contribution in [3.05, 3.63) is 105 Å². The zero-order valence-electron chi connectivity index (χ0n) is 16.6. The summed E-state index contributed by atoms with van der Waals surface area (Å²) in [6, 6.07) is 15.5. The van der Waals surface area contributed by atoms with Crippen molar-refractivity contribution in [3.63, 3.8) is 0 Å². The predicted octanol–water partition coefficient (Wildman–Crippen LogP) is 6.75. The van der Waals surface area contributed by atoms with Crippen LogP contribution in [0.25, 0.3) is 5.76 Å². The molecular weight excluding hydrogens is 523 g/mol. The third kappa shape index (κ3) is 4.41. The Morgan fingerprint density at radius 3 is 2.21 bits per heavy atom. The number of rotatable bonds is 3. The van der Waals surface area contributed by atoms with E-state index in [9.17, 15) is 27.9 Å². The molecule has 1 heterocycles. The highest BCUT2D eigenvalue weighted by molar-refractivity contribution is 9.10. The van der Waals surface area contributed by atoms with Crippen molar-refractivity contribution in [1.82, 2.24) is 0 Å². The van der Waals surface area contributed by atoms with Crippen LogP contribution < -0.4 is 4.90 Å². The van der Waals surface area contributed by atoms with Crippen LogP contribution in [0.5, 0.6) is 0 Å². The summed E-state index contributed by atoms with van der Waals surface area (Å²) in [6.45, 7) is 0. The molecule has 0 unspecified atom stereocenters. The molecule has 0 radical (unpaired) electrons. The first-order valence-corrected chi connectivity index (χ1v) is 10.7. The smallest absolute Gasteiger partial charge is 0.416 e. The monoisotopic (exact) mass is 535 g/mol. The Balaban J connectivity index is 1.94. The number of carbonyl (C=O) groups is 2. The molecule has 3 aromatic carbocycles. The van der Waals surface area contributed by atoms with Crippen molar-refractivity contribution in [2.75, 3.05) is 4.90 Å². The van der Waals surface area contributed by atoms with Crippen molar-refractivity contribution < 1.29 is 27.9 Å². The zero-order chi connectivity index (χ0) is 23.9. The Morgan fingerprint density at radius 1 is 0.970 bits per heavy atom.